The summed E-state index contributed by atoms with van der Waals surface area (Å²) >= 11 is 0. The summed E-state index contributed by atoms with van der Waals surface area (Å²) in [5, 5.41) is 9.68. The largest absolute Gasteiger partial charge is 0.507 e. The molecule has 102 valence electrons. The van der Waals surface area contributed by atoms with Gasteiger partial charge in [-0.1, -0.05) is 12.1 Å². The number of phenolic OH excluding ortho intramolecular Hbond substituents is 1. The number of hydrogen-bond acceptors (Lipinski definition) is 4. The highest BCUT2D eigenvalue weighted by atomic mass is 32.2. The molecule has 0 atom stereocenters. The van der Waals surface area contributed by atoms with Gasteiger partial charge in [0.2, 0.25) is 0 Å². The van der Waals surface area contributed by atoms with Crippen LogP contribution < -0.4 is 0 Å². The zero-order valence-corrected chi connectivity index (χ0v) is 12.2. The van der Waals surface area contributed by atoms with Crippen LogP contribution in [0.5, 0.6) is 5.75 Å². The average Bonchev–Trinajstić information content (AvgIpc) is 2.22. The van der Waals surface area contributed by atoms with Crippen molar-refractivity contribution in [2.45, 2.75) is 20.4 Å². The molecule has 0 heterocycles. The van der Waals surface area contributed by atoms with Gasteiger partial charge in [0, 0.05) is 19.3 Å². The van der Waals surface area contributed by atoms with Crippen LogP contribution in [0.4, 0.5) is 0 Å². The minimum atomic E-state index is -2.92. The Morgan fingerprint density at radius 3 is 2.17 bits per heavy atom. The van der Waals surface area contributed by atoms with Crippen LogP contribution in [-0.4, -0.2) is 44.0 Å². The first-order valence-corrected chi connectivity index (χ1v) is 7.90. The molecule has 0 aliphatic heterocycles. The van der Waals surface area contributed by atoms with Gasteiger partial charge in [0.1, 0.15) is 15.6 Å². The first-order valence-electron chi connectivity index (χ1n) is 5.84. The maximum atomic E-state index is 11.1. The second kappa shape index (κ2) is 5.71. The summed E-state index contributed by atoms with van der Waals surface area (Å²) in [5.74, 6) is 0.497. The number of hydrogen-bond donors (Lipinski definition) is 1. The van der Waals surface area contributed by atoms with E-state index in [0.717, 1.165) is 16.7 Å². The fraction of sp³-hybridized carbons (Fsp3) is 0.538. The smallest absolute Gasteiger partial charge is 0.148 e. The molecule has 0 bridgehead atoms. The lowest BCUT2D eigenvalue weighted by atomic mass is 10.1. The quantitative estimate of drug-likeness (QED) is 0.881. The molecule has 0 spiro atoms. The SMILES string of the molecule is Cc1cc(CN(C)CCS(C)(=O)=O)cc(C)c1O. The molecule has 1 aromatic carbocycles. The summed E-state index contributed by atoms with van der Waals surface area (Å²) in [6.45, 7) is 4.92. The van der Waals surface area contributed by atoms with Crippen LogP contribution in [0.25, 0.3) is 0 Å². The Kier molecular flexibility index (Phi) is 4.76. The standard InChI is InChI=1S/C13H21NO3S/c1-10-7-12(8-11(2)13(10)15)9-14(3)5-6-18(4,16)17/h7-8,15H,5-6,9H2,1-4H3. The van der Waals surface area contributed by atoms with E-state index in [9.17, 15) is 13.5 Å². The summed E-state index contributed by atoms with van der Waals surface area (Å²) in [6, 6.07) is 3.86. The summed E-state index contributed by atoms with van der Waals surface area (Å²) < 4.78 is 22.2. The van der Waals surface area contributed by atoms with Crippen molar-refractivity contribution in [2.75, 3.05) is 25.6 Å². The minimum Gasteiger partial charge on any atom is -0.507 e. The molecule has 0 unspecified atom stereocenters. The van der Waals surface area contributed by atoms with Gasteiger partial charge in [-0.25, -0.2) is 8.42 Å². The van der Waals surface area contributed by atoms with Gasteiger partial charge < -0.3 is 10.0 Å². The molecular weight excluding hydrogens is 250 g/mol. The second-order valence-corrected chi connectivity index (χ2v) is 7.21. The van der Waals surface area contributed by atoms with E-state index >= 15 is 0 Å². The van der Waals surface area contributed by atoms with Gasteiger partial charge in [-0.15, -0.1) is 0 Å². The predicted molar refractivity (Wildman–Crippen MR) is 73.6 cm³/mol. The Morgan fingerprint density at radius 1 is 1.22 bits per heavy atom. The van der Waals surface area contributed by atoms with E-state index in [0.29, 0.717) is 18.8 Å². The van der Waals surface area contributed by atoms with E-state index < -0.39 is 9.84 Å². The number of nitrogens with zero attached hydrogens (tertiary/aromatic N) is 1. The fourth-order valence-electron chi connectivity index (χ4n) is 1.85. The topological polar surface area (TPSA) is 57.6 Å². The van der Waals surface area contributed by atoms with E-state index in [1.807, 2.05) is 37.9 Å². The van der Waals surface area contributed by atoms with E-state index in [4.69, 9.17) is 0 Å². The molecule has 5 heteroatoms. The van der Waals surface area contributed by atoms with E-state index in [2.05, 4.69) is 0 Å². The van der Waals surface area contributed by atoms with Crippen LogP contribution in [-0.2, 0) is 16.4 Å². The number of rotatable bonds is 5. The van der Waals surface area contributed by atoms with Crippen LogP contribution in [0.2, 0.25) is 0 Å². The molecule has 0 aliphatic carbocycles. The number of phenols is 1. The lowest BCUT2D eigenvalue weighted by Crippen LogP contribution is -2.24. The van der Waals surface area contributed by atoms with Crippen LogP contribution >= 0.6 is 0 Å². The van der Waals surface area contributed by atoms with Crippen LogP contribution in [0, 0.1) is 13.8 Å². The van der Waals surface area contributed by atoms with Gasteiger partial charge in [-0.3, -0.25) is 0 Å². The van der Waals surface area contributed by atoms with E-state index in [1.165, 1.54) is 6.26 Å². The summed E-state index contributed by atoms with van der Waals surface area (Å²) in [6.07, 6.45) is 1.25. The van der Waals surface area contributed by atoms with Crippen molar-refractivity contribution in [3.63, 3.8) is 0 Å². The van der Waals surface area contributed by atoms with Crippen molar-refractivity contribution in [3.05, 3.63) is 28.8 Å². The molecular formula is C13H21NO3S. The third-order valence-corrected chi connectivity index (χ3v) is 3.77. The van der Waals surface area contributed by atoms with Crippen molar-refractivity contribution in [3.8, 4) is 5.75 Å². The van der Waals surface area contributed by atoms with Gasteiger partial charge in [0.15, 0.2) is 0 Å². The highest BCUT2D eigenvalue weighted by Crippen LogP contribution is 2.23. The zero-order valence-electron chi connectivity index (χ0n) is 11.4. The van der Waals surface area contributed by atoms with Gasteiger partial charge in [0.25, 0.3) is 0 Å². The third-order valence-electron chi connectivity index (χ3n) is 2.85. The Hall–Kier alpha value is -1.07. The minimum absolute atomic E-state index is 0.166. The molecule has 0 aromatic heterocycles. The number of sulfone groups is 1. The molecule has 1 N–H and O–H groups in total. The molecule has 1 rings (SSSR count). The number of aromatic hydroxyl groups is 1. The molecule has 0 amide bonds. The second-order valence-electron chi connectivity index (χ2n) is 4.95. The van der Waals surface area contributed by atoms with Gasteiger partial charge in [-0.05, 0) is 37.6 Å². The normalized spacial score (nSPS) is 12.1. The summed E-state index contributed by atoms with van der Waals surface area (Å²) in [4.78, 5) is 1.96. The molecule has 0 aliphatic rings. The Bertz CT molecular complexity index is 500. The van der Waals surface area contributed by atoms with Crippen molar-refractivity contribution in [2.24, 2.45) is 0 Å². The van der Waals surface area contributed by atoms with Crippen LogP contribution in [0.1, 0.15) is 16.7 Å². The number of aryl methyl sites for hydroxylation is 2. The maximum absolute atomic E-state index is 11.1. The molecule has 0 saturated heterocycles. The first-order chi connectivity index (χ1) is 8.19. The molecule has 0 radical (unpaired) electrons. The molecule has 0 saturated carbocycles. The predicted octanol–water partition coefficient (Wildman–Crippen LogP) is 1.49. The number of benzene rings is 1. The van der Waals surface area contributed by atoms with Crippen molar-refractivity contribution in [1.82, 2.24) is 4.90 Å². The lowest BCUT2D eigenvalue weighted by molar-refractivity contribution is 0.346. The van der Waals surface area contributed by atoms with E-state index in [1.54, 1.807) is 0 Å². The monoisotopic (exact) mass is 271 g/mol. The van der Waals surface area contributed by atoms with Crippen molar-refractivity contribution < 1.29 is 13.5 Å². The Labute approximate surface area is 109 Å². The van der Waals surface area contributed by atoms with Crippen molar-refractivity contribution in [1.29, 1.82) is 0 Å². The Morgan fingerprint density at radius 2 is 1.72 bits per heavy atom. The highest BCUT2D eigenvalue weighted by Gasteiger charge is 2.08. The van der Waals surface area contributed by atoms with Crippen LogP contribution in [0.3, 0.4) is 0 Å². The molecule has 0 fully saturated rings. The lowest BCUT2D eigenvalue weighted by Gasteiger charge is -2.17. The van der Waals surface area contributed by atoms with Gasteiger partial charge in [0.05, 0.1) is 5.75 Å². The highest BCUT2D eigenvalue weighted by molar-refractivity contribution is 7.90. The fourth-order valence-corrected chi connectivity index (χ4v) is 2.49. The average molecular weight is 271 g/mol. The van der Waals surface area contributed by atoms with Crippen molar-refractivity contribution >= 4 is 9.84 Å². The summed E-state index contributed by atoms with van der Waals surface area (Å²) in [7, 11) is -1.02. The molecule has 4 nitrogen and oxygen atoms in total. The summed E-state index contributed by atoms with van der Waals surface area (Å²) in [5.41, 5.74) is 2.78. The molecule has 18 heavy (non-hydrogen) atoms. The van der Waals surface area contributed by atoms with Gasteiger partial charge in [-0.2, -0.15) is 0 Å². The first kappa shape index (κ1) is 15.0. The van der Waals surface area contributed by atoms with Crippen LogP contribution in [0.15, 0.2) is 12.1 Å². The Balaban J connectivity index is 2.68. The third kappa shape index (κ3) is 4.66. The van der Waals surface area contributed by atoms with E-state index in [-0.39, 0.29) is 5.75 Å². The van der Waals surface area contributed by atoms with Gasteiger partial charge >= 0.3 is 0 Å². The molecule has 1 aromatic rings. The maximum Gasteiger partial charge on any atom is 0.148 e. The zero-order chi connectivity index (χ0) is 13.9.